The summed E-state index contributed by atoms with van der Waals surface area (Å²) in [6, 6.07) is 0. The van der Waals surface area contributed by atoms with Crippen molar-refractivity contribution in [1.82, 2.24) is 0 Å². The van der Waals surface area contributed by atoms with E-state index in [2.05, 4.69) is 6.58 Å². The van der Waals surface area contributed by atoms with Crippen molar-refractivity contribution in [2.24, 2.45) is 0 Å². The number of carbonyl (C=O) groups excluding carboxylic acids is 1. The third kappa shape index (κ3) is 3.78. The minimum atomic E-state index is -0.463. The Morgan fingerprint density at radius 1 is 1.32 bits per heavy atom. The average molecular weight is 270 g/mol. The predicted octanol–water partition coefficient (Wildman–Crippen LogP) is 1.54. The highest BCUT2D eigenvalue weighted by Gasteiger charge is 2.34. The van der Waals surface area contributed by atoms with Gasteiger partial charge in [0.25, 0.3) is 0 Å². The van der Waals surface area contributed by atoms with Crippen LogP contribution < -0.4 is 0 Å². The van der Waals surface area contributed by atoms with Gasteiger partial charge in [-0.3, -0.25) is 0 Å². The van der Waals surface area contributed by atoms with Crippen molar-refractivity contribution in [2.45, 2.75) is 63.6 Å². The molecule has 2 aliphatic heterocycles. The van der Waals surface area contributed by atoms with E-state index in [-0.39, 0.29) is 24.8 Å². The minimum Gasteiger partial charge on any atom is -0.434 e. The summed E-state index contributed by atoms with van der Waals surface area (Å²) in [7, 11) is 0. The third-order valence-corrected chi connectivity index (χ3v) is 3.59. The number of cyclic esters (lactones) is 1. The second-order valence-electron chi connectivity index (χ2n) is 5.20. The number of esters is 1. The molecular weight excluding hydrogens is 248 g/mol. The number of hydrogen-bond donors (Lipinski definition) is 1. The zero-order chi connectivity index (χ0) is 13.8. The summed E-state index contributed by atoms with van der Waals surface area (Å²) in [6.07, 6.45) is 3.12. The van der Waals surface area contributed by atoms with Gasteiger partial charge in [-0.15, -0.1) is 0 Å². The maximum atomic E-state index is 11.2. The topological polar surface area (TPSA) is 65.0 Å². The molecule has 5 heteroatoms. The molecule has 0 amide bonds. The first-order chi connectivity index (χ1) is 9.10. The molecule has 0 radical (unpaired) electrons. The van der Waals surface area contributed by atoms with Crippen LogP contribution in [0.1, 0.15) is 39.0 Å². The molecule has 2 rings (SSSR count). The SMILES string of the molecule is C=C1C[C@H](CCCO)OC1CC[C@H]1OC(=O)[C@H](C)O1. The van der Waals surface area contributed by atoms with E-state index >= 15 is 0 Å². The van der Waals surface area contributed by atoms with Crippen molar-refractivity contribution < 1.29 is 24.1 Å². The molecule has 108 valence electrons. The van der Waals surface area contributed by atoms with Crippen molar-refractivity contribution >= 4 is 5.97 Å². The zero-order valence-electron chi connectivity index (χ0n) is 11.3. The molecule has 0 spiro atoms. The molecule has 0 aromatic heterocycles. The van der Waals surface area contributed by atoms with E-state index in [0.29, 0.717) is 6.42 Å². The van der Waals surface area contributed by atoms with Gasteiger partial charge in [0, 0.05) is 13.0 Å². The molecule has 2 aliphatic rings. The summed E-state index contributed by atoms with van der Waals surface area (Å²) < 4.78 is 16.3. The number of carbonyl (C=O) groups is 1. The molecular formula is C14H22O5. The lowest BCUT2D eigenvalue weighted by Crippen LogP contribution is -2.16. The van der Waals surface area contributed by atoms with E-state index in [1.807, 2.05) is 0 Å². The largest absolute Gasteiger partial charge is 0.434 e. The number of rotatable bonds is 6. The monoisotopic (exact) mass is 270 g/mol. The van der Waals surface area contributed by atoms with Crippen molar-refractivity contribution in [2.75, 3.05) is 6.61 Å². The van der Waals surface area contributed by atoms with Crippen LogP contribution in [0.15, 0.2) is 12.2 Å². The van der Waals surface area contributed by atoms with Crippen molar-refractivity contribution in [3.8, 4) is 0 Å². The Labute approximate surface area is 113 Å². The highest BCUT2D eigenvalue weighted by atomic mass is 16.7. The summed E-state index contributed by atoms with van der Waals surface area (Å²) in [5.41, 5.74) is 1.08. The summed E-state index contributed by atoms with van der Waals surface area (Å²) in [5, 5.41) is 8.81. The van der Waals surface area contributed by atoms with E-state index in [1.54, 1.807) is 6.92 Å². The van der Waals surface area contributed by atoms with Crippen LogP contribution in [0.2, 0.25) is 0 Å². The molecule has 19 heavy (non-hydrogen) atoms. The fourth-order valence-corrected chi connectivity index (χ4v) is 2.51. The van der Waals surface area contributed by atoms with Gasteiger partial charge in [0.2, 0.25) is 6.29 Å². The number of ether oxygens (including phenoxy) is 3. The highest BCUT2D eigenvalue weighted by Crippen LogP contribution is 2.31. The van der Waals surface area contributed by atoms with E-state index in [0.717, 1.165) is 31.3 Å². The second kappa shape index (κ2) is 6.50. The lowest BCUT2D eigenvalue weighted by Gasteiger charge is -2.15. The maximum Gasteiger partial charge on any atom is 0.337 e. The lowest BCUT2D eigenvalue weighted by atomic mass is 10.0. The first-order valence-electron chi connectivity index (χ1n) is 6.90. The smallest absolute Gasteiger partial charge is 0.337 e. The standard InChI is InChI=1S/C14H22O5/c1-9-8-11(4-3-7-15)18-12(9)5-6-13-17-10(2)14(16)19-13/h10-13,15H,1,3-8H2,2H3/t10-,11-,12?,13+/m0/s1. The van der Waals surface area contributed by atoms with Crippen LogP contribution in [-0.4, -0.2) is 42.3 Å². The van der Waals surface area contributed by atoms with Crippen molar-refractivity contribution in [3.05, 3.63) is 12.2 Å². The van der Waals surface area contributed by atoms with Gasteiger partial charge in [0.05, 0.1) is 12.2 Å². The van der Waals surface area contributed by atoms with Crippen LogP contribution in [0.3, 0.4) is 0 Å². The third-order valence-electron chi connectivity index (χ3n) is 3.59. The summed E-state index contributed by atoms with van der Waals surface area (Å²) >= 11 is 0. The van der Waals surface area contributed by atoms with E-state index < -0.39 is 12.4 Å². The average Bonchev–Trinajstić information content (AvgIpc) is 2.88. The molecule has 2 saturated heterocycles. The number of hydrogen-bond acceptors (Lipinski definition) is 5. The van der Waals surface area contributed by atoms with Crippen LogP contribution in [0.25, 0.3) is 0 Å². The highest BCUT2D eigenvalue weighted by molar-refractivity contribution is 5.75. The van der Waals surface area contributed by atoms with Crippen molar-refractivity contribution in [3.63, 3.8) is 0 Å². The Balaban J connectivity index is 1.71. The minimum absolute atomic E-state index is 0.0156. The second-order valence-corrected chi connectivity index (χ2v) is 5.20. The first kappa shape index (κ1) is 14.5. The van der Waals surface area contributed by atoms with E-state index in [1.165, 1.54) is 0 Å². The molecule has 2 heterocycles. The van der Waals surface area contributed by atoms with Gasteiger partial charge in [-0.2, -0.15) is 0 Å². The summed E-state index contributed by atoms with van der Waals surface area (Å²) in [5.74, 6) is -0.294. The Kier molecular flexibility index (Phi) is 4.96. The zero-order valence-corrected chi connectivity index (χ0v) is 11.3. The summed E-state index contributed by atoms with van der Waals surface area (Å²) in [6.45, 7) is 5.92. The van der Waals surface area contributed by atoms with Gasteiger partial charge in [-0.25, -0.2) is 4.79 Å². The molecule has 0 aliphatic carbocycles. The lowest BCUT2D eigenvalue weighted by molar-refractivity contribution is -0.144. The molecule has 5 nitrogen and oxygen atoms in total. The fraction of sp³-hybridized carbons (Fsp3) is 0.786. The van der Waals surface area contributed by atoms with Gasteiger partial charge >= 0.3 is 5.97 Å². The molecule has 1 N–H and O–H groups in total. The van der Waals surface area contributed by atoms with E-state index in [9.17, 15) is 4.79 Å². The van der Waals surface area contributed by atoms with Crippen LogP contribution in [0, 0.1) is 0 Å². The number of aliphatic hydroxyl groups is 1. The molecule has 1 unspecified atom stereocenters. The molecule has 0 aromatic rings. The van der Waals surface area contributed by atoms with Crippen LogP contribution in [0.5, 0.6) is 0 Å². The normalized spacial score (nSPS) is 34.8. The van der Waals surface area contributed by atoms with Gasteiger partial charge in [0.15, 0.2) is 6.10 Å². The Morgan fingerprint density at radius 2 is 2.11 bits per heavy atom. The fourth-order valence-electron chi connectivity index (χ4n) is 2.51. The van der Waals surface area contributed by atoms with E-state index in [4.69, 9.17) is 19.3 Å². The molecule has 0 aromatic carbocycles. The van der Waals surface area contributed by atoms with Gasteiger partial charge < -0.3 is 19.3 Å². The Morgan fingerprint density at radius 3 is 2.74 bits per heavy atom. The first-order valence-corrected chi connectivity index (χ1v) is 6.90. The molecule has 0 saturated carbocycles. The van der Waals surface area contributed by atoms with Gasteiger partial charge in [-0.05, 0) is 38.2 Å². The maximum absolute atomic E-state index is 11.2. The summed E-state index contributed by atoms with van der Waals surface area (Å²) in [4.78, 5) is 11.2. The van der Waals surface area contributed by atoms with Crippen LogP contribution in [-0.2, 0) is 19.0 Å². The molecule has 2 fully saturated rings. The predicted molar refractivity (Wildman–Crippen MR) is 68.4 cm³/mol. The van der Waals surface area contributed by atoms with Crippen molar-refractivity contribution in [1.29, 1.82) is 0 Å². The Hall–Kier alpha value is -0.910. The van der Waals surface area contributed by atoms with Gasteiger partial charge in [-0.1, -0.05) is 6.58 Å². The quantitative estimate of drug-likeness (QED) is 0.586. The van der Waals surface area contributed by atoms with Crippen LogP contribution >= 0.6 is 0 Å². The van der Waals surface area contributed by atoms with Crippen LogP contribution in [0.4, 0.5) is 0 Å². The Bertz CT molecular complexity index is 341. The molecule has 0 bridgehead atoms. The van der Waals surface area contributed by atoms with Gasteiger partial charge in [0.1, 0.15) is 0 Å². The molecule has 4 atom stereocenters. The number of aliphatic hydroxyl groups excluding tert-OH is 1.